The summed E-state index contributed by atoms with van der Waals surface area (Å²) >= 11 is 0. The summed E-state index contributed by atoms with van der Waals surface area (Å²) in [4.78, 5) is 13.9. The van der Waals surface area contributed by atoms with Gasteiger partial charge in [0.1, 0.15) is 5.82 Å². The van der Waals surface area contributed by atoms with E-state index in [0.717, 1.165) is 12.8 Å². The quantitative estimate of drug-likeness (QED) is 0.882. The third-order valence-corrected chi connectivity index (χ3v) is 6.67. The Kier molecular flexibility index (Phi) is 5.03. The van der Waals surface area contributed by atoms with Crippen molar-refractivity contribution >= 4 is 21.6 Å². The van der Waals surface area contributed by atoms with Gasteiger partial charge in [0, 0.05) is 19.1 Å². The normalized spacial score (nSPS) is 23.8. The zero-order chi connectivity index (χ0) is 17.2. The second kappa shape index (κ2) is 7.04. The Morgan fingerprint density at radius 3 is 2.50 bits per heavy atom. The van der Waals surface area contributed by atoms with Crippen molar-refractivity contribution < 1.29 is 13.2 Å². The summed E-state index contributed by atoms with van der Waals surface area (Å²) < 4.78 is 23.1. The molecule has 1 aromatic heterocycles. The number of hydrogen-bond acceptors (Lipinski definition) is 6. The first kappa shape index (κ1) is 17.1. The van der Waals surface area contributed by atoms with Crippen LogP contribution in [0.2, 0.25) is 0 Å². The van der Waals surface area contributed by atoms with E-state index in [0.29, 0.717) is 18.3 Å². The second-order valence-corrected chi connectivity index (χ2v) is 8.98. The number of carbonyl (C=O) groups is 1. The highest BCUT2D eigenvalue weighted by molar-refractivity contribution is 7.91. The standard InChI is InChI=1S/C16H24N4O3S/c1-20(13-9-10-24(22,23)11-13)16(21)14-7-8-15(19-18-14)17-12-5-3-2-4-6-12/h7-8,12-13H,2-6,9-11H2,1H3,(H,17,19). The highest BCUT2D eigenvalue weighted by atomic mass is 32.2. The molecule has 24 heavy (non-hydrogen) atoms. The summed E-state index contributed by atoms with van der Waals surface area (Å²) in [5.41, 5.74) is 0.246. The van der Waals surface area contributed by atoms with Gasteiger partial charge in [0.2, 0.25) is 0 Å². The number of amides is 1. The Hall–Kier alpha value is -1.70. The zero-order valence-corrected chi connectivity index (χ0v) is 14.8. The van der Waals surface area contributed by atoms with Gasteiger partial charge in [-0.3, -0.25) is 4.79 Å². The molecule has 1 aliphatic carbocycles. The van der Waals surface area contributed by atoms with Crippen molar-refractivity contribution in [2.45, 2.75) is 50.6 Å². The molecule has 2 heterocycles. The van der Waals surface area contributed by atoms with Crippen LogP contribution in [-0.2, 0) is 9.84 Å². The van der Waals surface area contributed by atoms with Crippen LogP contribution in [0.1, 0.15) is 49.0 Å². The molecule has 1 aromatic rings. The Morgan fingerprint density at radius 2 is 1.92 bits per heavy atom. The van der Waals surface area contributed by atoms with E-state index in [1.807, 2.05) is 0 Å². The topological polar surface area (TPSA) is 92.3 Å². The monoisotopic (exact) mass is 352 g/mol. The van der Waals surface area contributed by atoms with Crippen LogP contribution in [0.15, 0.2) is 12.1 Å². The molecular formula is C16H24N4O3S. The molecule has 2 fully saturated rings. The van der Waals surface area contributed by atoms with Crippen molar-refractivity contribution in [3.8, 4) is 0 Å². The first-order valence-electron chi connectivity index (χ1n) is 8.52. The number of anilines is 1. The van der Waals surface area contributed by atoms with E-state index in [-0.39, 0.29) is 29.1 Å². The lowest BCUT2D eigenvalue weighted by Gasteiger charge is -2.24. The van der Waals surface area contributed by atoms with Crippen molar-refractivity contribution in [2.24, 2.45) is 0 Å². The van der Waals surface area contributed by atoms with Crippen molar-refractivity contribution in [3.05, 3.63) is 17.8 Å². The van der Waals surface area contributed by atoms with E-state index in [1.54, 1.807) is 19.2 Å². The van der Waals surface area contributed by atoms with Crippen molar-refractivity contribution in [1.29, 1.82) is 0 Å². The molecule has 1 saturated heterocycles. The number of carbonyl (C=O) groups excluding carboxylic acids is 1. The fraction of sp³-hybridized carbons (Fsp3) is 0.688. The predicted molar refractivity (Wildman–Crippen MR) is 91.7 cm³/mol. The summed E-state index contributed by atoms with van der Waals surface area (Å²) in [6, 6.07) is 3.58. The Morgan fingerprint density at radius 1 is 1.17 bits per heavy atom. The molecule has 0 aromatic carbocycles. The molecule has 132 valence electrons. The minimum absolute atomic E-state index is 0.0317. The van der Waals surface area contributed by atoms with Gasteiger partial charge in [0.25, 0.3) is 5.91 Å². The maximum atomic E-state index is 12.5. The lowest BCUT2D eigenvalue weighted by atomic mass is 9.95. The maximum Gasteiger partial charge on any atom is 0.274 e. The van der Waals surface area contributed by atoms with Crippen LogP contribution in [0.4, 0.5) is 5.82 Å². The van der Waals surface area contributed by atoms with Gasteiger partial charge < -0.3 is 10.2 Å². The number of nitrogens with zero attached hydrogens (tertiary/aromatic N) is 3. The molecule has 1 unspecified atom stereocenters. The van der Waals surface area contributed by atoms with Crippen molar-refractivity contribution in [2.75, 3.05) is 23.9 Å². The number of hydrogen-bond donors (Lipinski definition) is 1. The van der Waals surface area contributed by atoms with Crippen LogP contribution in [0.5, 0.6) is 0 Å². The number of sulfone groups is 1. The van der Waals surface area contributed by atoms with Gasteiger partial charge in [-0.25, -0.2) is 8.42 Å². The van der Waals surface area contributed by atoms with Gasteiger partial charge in [0.05, 0.1) is 11.5 Å². The highest BCUT2D eigenvalue weighted by Crippen LogP contribution is 2.21. The summed E-state index contributed by atoms with van der Waals surface area (Å²) in [7, 11) is -1.39. The lowest BCUT2D eigenvalue weighted by molar-refractivity contribution is 0.0740. The average molecular weight is 352 g/mol. The Balaban J connectivity index is 1.61. The van der Waals surface area contributed by atoms with E-state index in [2.05, 4.69) is 15.5 Å². The van der Waals surface area contributed by atoms with Crippen molar-refractivity contribution in [3.63, 3.8) is 0 Å². The molecule has 1 amide bonds. The molecule has 1 saturated carbocycles. The minimum Gasteiger partial charge on any atom is -0.366 e. The fourth-order valence-corrected chi connectivity index (χ4v) is 5.18. The lowest BCUT2D eigenvalue weighted by Crippen LogP contribution is -2.38. The van der Waals surface area contributed by atoms with E-state index < -0.39 is 9.84 Å². The van der Waals surface area contributed by atoms with Gasteiger partial charge in [-0.2, -0.15) is 0 Å². The smallest absolute Gasteiger partial charge is 0.274 e. The fourth-order valence-electron chi connectivity index (χ4n) is 3.41. The molecule has 2 aliphatic rings. The average Bonchev–Trinajstić information content (AvgIpc) is 2.95. The van der Waals surface area contributed by atoms with Gasteiger partial charge >= 0.3 is 0 Å². The van der Waals surface area contributed by atoms with Crippen LogP contribution in [0, 0.1) is 0 Å². The molecule has 7 nitrogen and oxygen atoms in total. The summed E-state index contributed by atoms with van der Waals surface area (Å²) in [6.07, 6.45) is 6.52. The van der Waals surface area contributed by atoms with Crippen LogP contribution in [-0.4, -0.2) is 60.1 Å². The SMILES string of the molecule is CN(C(=O)c1ccc(NC2CCCCC2)nn1)C1CCS(=O)(=O)C1. The highest BCUT2D eigenvalue weighted by Gasteiger charge is 2.33. The van der Waals surface area contributed by atoms with Crippen LogP contribution < -0.4 is 5.32 Å². The summed E-state index contributed by atoms with van der Waals surface area (Å²) in [5, 5.41) is 11.5. The predicted octanol–water partition coefficient (Wildman–Crippen LogP) is 1.48. The van der Waals surface area contributed by atoms with Gasteiger partial charge in [-0.15, -0.1) is 10.2 Å². The number of nitrogens with one attached hydrogen (secondary N) is 1. The van der Waals surface area contributed by atoms with Crippen LogP contribution in [0.3, 0.4) is 0 Å². The first-order valence-corrected chi connectivity index (χ1v) is 10.3. The Labute approximate surface area is 142 Å². The molecule has 1 aliphatic heterocycles. The number of aromatic nitrogens is 2. The maximum absolute atomic E-state index is 12.5. The second-order valence-electron chi connectivity index (χ2n) is 6.76. The zero-order valence-electron chi connectivity index (χ0n) is 13.9. The Bertz CT molecular complexity index is 684. The molecule has 0 radical (unpaired) electrons. The number of rotatable bonds is 4. The van der Waals surface area contributed by atoms with Gasteiger partial charge in [0.15, 0.2) is 15.5 Å². The molecule has 0 bridgehead atoms. The largest absolute Gasteiger partial charge is 0.366 e. The van der Waals surface area contributed by atoms with Gasteiger partial charge in [-0.1, -0.05) is 19.3 Å². The van der Waals surface area contributed by atoms with Crippen LogP contribution >= 0.6 is 0 Å². The summed E-state index contributed by atoms with van der Waals surface area (Å²) in [6.45, 7) is 0. The van der Waals surface area contributed by atoms with E-state index in [1.165, 1.54) is 24.2 Å². The summed E-state index contributed by atoms with van der Waals surface area (Å²) in [5.74, 6) is 0.577. The van der Waals surface area contributed by atoms with E-state index in [4.69, 9.17) is 0 Å². The molecule has 3 rings (SSSR count). The molecular weight excluding hydrogens is 328 g/mol. The van der Waals surface area contributed by atoms with Crippen LogP contribution in [0.25, 0.3) is 0 Å². The third-order valence-electron chi connectivity index (χ3n) is 4.92. The third kappa shape index (κ3) is 4.03. The van der Waals surface area contributed by atoms with E-state index >= 15 is 0 Å². The first-order chi connectivity index (χ1) is 11.4. The molecule has 1 N–H and O–H groups in total. The van der Waals surface area contributed by atoms with E-state index in [9.17, 15) is 13.2 Å². The minimum atomic E-state index is -3.02. The molecule has 1 atom stereocenters. The van der Waals surface area contributed by atoms with Crippen molar-refractivity contribution in [1.82, 2.24) is 15.1 Å². The van der Waals surface area contributed by atoms with Gasteiger partial charge in [-0.05, 0) is 31.4 Å². The molecule has 0 spiro atoms. The molecule has 8 heteroatoms.